The van der Waals surface area contributed by atoms with Crippen molar-refractivity contribution in [2.75, 3.05) is 20.2 Å². The van der Waals surface area contributed by atoms with E-state index in [2.05, 4.69) is 16.7 Å². The molecular formula is C34H36N4O5. The third-order valence-corrected chi connectivity index (χ3v) is 7.73. The zero-order valence-corrected chi connectivity index (χ0v) is 24.3. The number of nitrogens with zero attached hydrogens (tertiary/aromatic N) is 2. The molecular weight excluding hydrogens is 544 g/mol. The molecule has 43 heavy (non-hydrogen) atoms. The number of hydrogen-bond acceptors (Lipinski definition) is 5. The van der Waals surface area contributed by atoms with Gasteiger partial charge in [-0.15, -0.1) is 0 Å². The lowest BCUT2D eigenvalue weighted by atomic mass is 9.97. The van der Waals surface area contributed by atoms with E-state index in [0.29, 0.717) is 36.5 Å². The van der Waals surface area contributed by atoms with Gasteiger partial charge in [-0.25, -0.2) is 9.36 Å². The molecule has 0 bridgehead atoms. The number of allylic oxidation sites excluding steroid dienone is 1. The molecule has 0 atom stereocenters. The summed E-state index contributed by atoms with van der Waals surface area (Å²) < 4.78 is 7.52. The fourth-order valence-electron chi connectivity index (χ4n) is 5.38. The van der Waals surface area contributed by atoms with Gasteiger partial charge in [-0.1, -0.05) is 42.0 Å². The number of carbonyl (C=O) groups excluding carboxylic acids is 2. The van der Waals surface area contributed by atoms with Crippen molar-refractivity contribution < 1.29 is 14.3 Å². The Kier molecular flexibility index (Phi) is 9.51. The van der Waals surface area contributed by atoms with Crippen LogP contribution in [-0.2, 0) is 17.8 Å². The fourth-order valence-corrected chi connectivity index (χ4v) is 5.38. The SMILES string of the molecule is COc1ccc(-n2c(=O)c3ccc(C(=O)NCCc4ccccc4)cc3n(CC(=O)NCCC3=CCCCC3)c2=O)cc1. The van der Waals surface area contributed by atoms with Gasteiger partial charge in [0.05, 0.1) is 23.7 Å². The highest BCUT2D eigenvalue weighted by molar-refractivity contribution is 5.98. The van der Waals surface area contributed by atoms with E-state index in [4.69, 9.17) is 4.74 Å². The highest BCUT2D eigenvalue weighted by atomic mass is 16.5. The molecule has 2 amide bonds. The molecule has 3 aromatic carbocycles. The first kappa shape index (κ1) is 29.6. The smallest absolute Gasteiger partial charge is 0.336 e. The lowest BCUT2D eigenvalue weighted by molar-refractivity contribution is -0.121. The molecule has 1 heterocycles. The highest BCUT2D eigenvalue weighted by Crippen LogP contribution is 2.19. The summed E-state index contributed by atoms with van der Waals surface area (Å²) in [6.07, 6.45) is 8.14. The highest BCUT2D eigenvalue weighted by Gasteiger charge is 2.19. The number of methoxy groups -OCH3 is 1. The fraction of sp³-hybridized carbons (Fsp3) is 0.294. The van der Waals surface area contributed by atoms with Crippen LogP contribution in [0.25, 0.3) is 16.6 Å². The van der Waals surface area contributed by atoms with Gasteiger partial charge in [0.25, 0.3) is 11.5 Å². The molecule has 0 fully saturated rings. The van der Waals surface area contributed by atoms with Crippen LogP contribution >= 0.6 is 0 Å². The average molecular weight is 581 g/mol. The first-order valence-electron chi connectivity index (χ1n) is 14.7. The van der Waals surface area contributed by atoms with Crippen LogP contribution < -0.4 is 26.6 Å². The summed E-state index contributed by atoms with van der Waals surface area (Å²) in [5.41, 5.74) is 2.08. The number of carbonyl (C=O) groups is 2. The van der Waals surface area contributed by atoms with Crippen LogP contribution in [0, 0.1) is 0 Å². The van der Waals surface area contributed by atoms with Gasteiger partial charge in [0, 0.05) is 18.7 Å². The minimum absolute atomic E-state index is 0.219. The predicted molar refractivity (Wildman–Crippen MR) is 167 cm³/mol. The number of amides is 2. The standard InChI is InChI=1S/C34H36N4O5/c1-43-28-15-13-27(14-16-28)38-33(41)29-17-12-26(32(40)36-21-19-25-10-6-3-7-11-25)22-30(29)37(34(38)42)23-31(39)35-20-18-24-8-4-2-5-9-24/h3,6-8,10-17,22H,2,4-5,9,18-21,23H2,1H3,(H,35,39)(H,36,40). The van der Waals surface area contributed by atoms with Gasteiger partial charge in [0.15, 0.2) is 0 Å². The van der Waals surface area contributed by atoms with E-state index in [1.165, 1.54) is 35.8 Å². The number of rotatable bonds is 11. The van der Waals surface area contributed by atoms with Gasteiger partial charge >= 0.3 is 5.69 Å². The van der Waals surface area contributed by atoms with Gasteiger partial charge < -0.3 is 15.4 Å². The Hall–Kier alpha value is -4.92. The summed E-state index contributed by atoms with van der Waals surface area (Å²) >= 11 is 0. The van der Waals surface area contributed by atoms with E-state index >= 15 is 0 Å². The molecule has 1 aromatic heterocycles. The molecule has 0 spiro atoms. The van der Waals surface area contributed by atoms with Crippen LogP contribution in [0.5, 0.6) is 5.75 Å². The molecule has 0 saturated carbocycles. The van der Waals surface area contributed by atoms with Crippen molar-refractivity contribution in [3.05, 3.63) is 116 Å². The maximum atomic E-state index is 13.8. The van der Waals surface area contributed by atoms with E-state index in [1.807, 2.05) is 30.3 Å². The van der Waals surface area contributed by atoms with Crippen molar-refractivity contribution in [2.45, 2.75) is 45.1 Å². The Morgan fingerprint density at radius 2 is 1.65 bits per heavy atom. The van der Waals surface area contributed by atoms with Crippen molar-refractivity contribution in [3.63, 3.8) is 0 Å². The van der Waals surface area contributed by atoms with Gasteiger partial charge in [-0.2, -0.15) is 0 Å². The molecule has 0 radical (unpaired) electrons. The maximum Gasteiger partial charge on any atom is 0.336 e. The Morgan fingerprint density at radius 3 is 2.37 bits per heavy atom. The Labute approximate surface area is 249 Å². The second-order valence-electron chi connectivity index (χ2n) is 10.6. The summed E-state index contributed by atoms with van der Waals surface area (Å²) in [7, 11) is 1.53. The molecule has 1 aliphatic rings. The van der Waals surface area contributed by atoms with Crippen LogP contribution in [0.15, 0.2) is 94.0 Å². The summed E-state index contributed by atoms with van der Waals surface area (Å²) in [6, 6.07) is 21.0. The molecule has 0 aliphatic heterocycles. The van der Waals surface area contributed by atoms with E-state index in [-0.39, 0.29) is 29.3 Å². The number of nitrogens with one attached hydrogen (secondary N) is 2. The van der Waals surface area contributed by atoms with Crippen molar-refractivity contribution in [3.8, 4) is 11.4 Å². The maximum absolute atomic E-state index is 13.8. The minimum Gasteiger partial charge on any atom is -0.497 e. The van der Waals surface area contributed by atoms with Gasteiger partial charge in [0.2, 0.25) is 5.91 Å². The van der Waals surface area contributed by atoms with Crippen LogP contribution in [0.3, 0.4) is 0 Å². The van der Waals surface area contributed by atoms with Gasteiger partial charge in [-0.3, -0.25) is 19.0 Å². The molecule has 4 aromatic rings. The second kappa shape index (κ2) is 13.8. The molecule has 1 aliphatic carbocycles. The summed E-state index contributed by atoms with van der Waals surface area (Å²) in [6.45, 7) is 0.583. The second-order valence-corrected chi connectivity index (χ2v) is 10.6. The molecule has 5 rings (SSSR count). The Morgan fingerprint density at radius 1 is 0.884 bits per heavy atom. The van der Waals surface area contributed by atoms with Crippen LogP contribution in [0.2, 0.25) is 0 Å². The number of benzene rings is 3. The lowest BCUT2D eigenvalue weighted by Gasteiger charge is -2.16. The molecule has 9 nitrogen and oxygen atoms in total. The zero-order valence-electron chi connectivity index (χ0n) is 24.3. The monoisotopic (exact) mass is 580 g/mol. The van der Waals surface area contributed by atoms with Gasteiger partial charge in [0.1, 0.15) is 12.3 Å². The number of ether oxygens (including phenoxy) is 1. The molecule has 0 unspecified atom stereocenters. The van der Waals surface area contributed by atoms with Crippen LogP contribution in [0.4, 0.5) is 0 Å². The minimum atomic E-state index is -0.672. The quantitative estimate of drug-likeness (QED) is 0.259. The summed E-state index contributed by atoms with van der Waals surface area (Å²) in [5, 5.41) is 6.04. The van der Waals surface area contributed by atoms with E-state index in [1.54, 1.807) is 30.3 Å². The van der Waals surface area contributed by atoms with E-state index in [9.17, 15) is 19.2 Å². The Balaban J connectivity index is 1.45. The summed E-state index contributed by atoms with van der Waals surface area (Å²) in [4.78, 5) is 53.6. The van der Waals surface area contributed by atoms with Gasteiger partial charge in [-0.05, 0) is 86.6 Å². The molecule has 9 heteroatoms. The topological polar surface area (TPSA) is 111 Å². The average Bonchev–Trinajstić information content (AvgIpc) is 3.04. The van der Waals surface area contributed by atoms with Crippen LogP contribution in [0.1, 0.15) is 48.0 Å². The lowest BCUT2D eigenvalue weighted by Crippen LogP contribution is -2.42. The van der Waals surface area contributed by atoms with Crippen molar-refractivity contribution in [1.82, 2.24) is 19.8 Å². The normalized spacial score (nSPS) is 12.9. The predicted octanol–water partition coefficient (Wildman–Crippen LogP) is 4.14. The van der Waals surface area contributed by atoms with Crippen molar-refractivity contribution in [1.29, 1.82) is 0 Å². The van der Waals surface area contributed by atoms with Crippen molar-refractivity contribution >= 4 is 22.7 Å². The number of fused-ring (bicyclic) bond motifs is 1. The number of aromatic nitrogens is 2. The first-order chi connectivity index (χ1) is 20.9. The van der Waals surface area contributed by atoms with Crippen molar-refractivity contribution in [2.24, 2.45) is 0 Å². The molecule has 2 N–H and O–H groups in total. The molecule has 0 saturated heterocycles. The largest absolute Gasteiger partial charge is 0.497 e. The first-order valence-corrected chi connectivity index (χ1v) is 14.7. The third-order valence-electron chi connectivity index (χ3n) is 7.73. The van der Waals surface area contributed by atoms with E-state index in [0.717, 1.165) is 35.8 Å². The van der Waals surface area contributed by atoms with E-state index < -0.39 is 11.2 Å². The zero-order chi connectivity index (χ0) is 30.2. The summed E-state index contributed by atoms with van der Waals surface area (Å²) in [5.74, 6) is -0.105. The number of hydrogen-bond donors (Lipinski definition) is 2. The molecule has 222 valence electrons. The van der Waals surface area contributed by atoms with Crippen LogP contribution in [-0.4, -0.2) is 41.1 Å². The Bertz CT molecular complexity index is 1750. The third kappa shape index (κ3) is 7.12.